The highest BCUT2D eigenvalue weighted by atomic mass is 19.1. The van der Waals surface area contributed by atoms with E-state index in [9.17, 15) is 13.6 Å². The lowest BCUT2D eigenvalue weighted by Gasteiger charge is -2.37. The molecule has 0 saturated carbocycles. The number of hydrogen-bond donors (Lipinski definition) is 1. The van der Waals surface area contributed by atoms with Crippen molar-refractivity contribution in [1.29, 1.82) is 0 Å². The Morgan fingerprint density at radius 3 is 2.76 bits per heavy atom. The molecule has 0 spiro atoms. The molecule has 0 aromatic heterocycles. The second-order valence-corrected chi connectivity index (χ2v) is 6.06. The van der Waals surface area contributed by atoms with Gasteiger partial charge in [0.25, 0.3) is 0 Å². The molecular weight excluding hydrogens is 278 g/mol. The molecule has 0 bridgehead atoms. The van der Waals surface area contributed by atoms with Gasteiger partial charge in [-0.3, -0.25) is 4.90 Å². The van der Waals surface area contributed by atoms with E-state index >= 15 is 0 Å². The molecule has 1 N–H and O–H groups in total. The Hall–Kier alpha value is -1.69. The van der Waals surface area contributed by atoms with Gasteiger partial charge >= 0.3 is 6.09 Å². The van der Waals surface area contributed by atoms with E-state index in [-0.39, 0.29) is 5.56 Å². The summed E-state index contributed by atoms with van der Waals surface area (Å²) in [7, 11) is 0. The minimum Gasteiger partial charge on any atom is -0.444 e. The average Bonchev–Trinajstić information content (AvgIpc) is 2.39. The van der Waals surface area contributed by atoms with Gasteiger partial charge in [0, 0.05) is 25.2 Å². The molecule has 1 aromatic rings. The Morgan fingerprint density at radius 2 is 2.10 bits per heavy atom. The topological polar surface area (TPSA) is 41.6 Å². The predicted octanol–water partition coefficient (Wildman–Crippen LogP) is 2.85. The van der Waals surface area contributed by atoms with Crippen LogP contribution in [-0.4, -0.2) is 36.2 Å². The first-order valence-electron chi connectivity index (χ1n) is 6.93. The van der Waals surface area contributed by atoms with Crippen LogP contribution < -0.4 is 5.32 Å². The lowest BCUT2D eigenvalue weighted by atomic mass is 10.0. The summed E-state index contributed by atoms with van der Waals surface area (Å²) in [5.41, 5.74) is -0.472. The number of nitrogens with one attached hydrogen (secondary N) is 1. The van der Waals surface area contributed by atoms with E-state index in [0.717, 1.165) is 18.2 Å². The smallest absolute Gasteiger partial charge is 0.410 e. The number of rotatable bonds is 1. The van der Waals surface area contributed by atoms with Crippen LogP contribution in [0.15, 0.2) is 18.2 Å². The van der Waals surface area contributed by atoms with Gasteiger partial charge in [0.05, 0.1) is 6.04 Å². The highest BCUT2D eigenvalue weighted by molar-refractivity contribution is 5.69. The maximum absolute atomic E-state index is 14.0. The predicted molar refractivity (Wildman–Crippen MR) is 74.9 cm³/mol. The zero-order valence-electron chi connectivity index (χ0n) is 12.5. The van der Waals surface area contributed by atoms with Gasteiger partial charge in [0.15, 0.2) is 0 Å². The van der Waals surface area contributed by atoms with Gasteiger partial charge in [-0.05, 0) is 39.0 Å². The summed E-state index contributed by atoms with van der Waals surface area (Å²) < 4.78 is 32.7. The zero-order valence-corrected chi connectivity index (χ0v) is 12.5. The summed E-state index contributed by atoms with van der Waals surface area (Å²) in [6.07, 6.45) is -0.516. The minimum absolute atomic E-state index is 0.160. The van der Waals surface area contributed by atoms with Crippen LogP contribution in [-0.2, 0) is 4.74 Å². The SMILES string of the molecule is CC(C)(C)OC(=O)N1CCNC[C@H]1c1cc(F)ccc1F. The molecule has 0 radical (unpaired) electrons. The quantitative estimate of drug-likeness (QED) is 0.867. The highest BCUT2D eigenvalue weighted by Gasteiger charge is 2.32. The van der Waals surface area contributed by atoms with Crippen molar-refractivity contribution in [3.8, 4) is 0 Å². The van der Waals surface area contributed by atoms with Crippen molar-refractivity contribution in [2.45, 2.75) is 32.4 Å². The van der Waals surface area contributed by atoms with Crippen molar-refractivity contribution in [1.82, 2.24) is 10.2 Å². The molecule has 1 aliphatic heterocycles. The van der Waals surface area contributed by atoms with Crippen LogP contribution >= 0.6 is 0 Å². The molecule has 116 valence electrons. The van der Waals surface area contributed by atoms with E-state index in [0.29, 0.717) is 19.6 Å². The number of carbonyl (C=O) groups is 1. The number of amides is 1. The zero-order chi connectivity index (χ0) is 15.6. The Bertz CT molecular complexity index is 529. The molecule has 6 heteroatoms. The van der Waals surface area contributed by atoms with E-state index in [1.807, 2.05) is 0 Å². The molecule has 1 amide bonds. The summed E-state index contributed by atoms with van der Waals surface area (Å²) in [6.45, 7) is 6.64. The molecule has 1 heterocycles. The molecule has 1 fully saturated rings. The van der Waals surface area contributed by atoms with Crippen LogP contribution in [0.4, 0.5) is 13.6 Å². The number of benzene rings is 1. The molecule has 1 aliphatic rings. The second kappa shape index (κ2) is 5.97. The second-order valence-electron chi connectivity index (χ2n) is 6.06. The largest absolute Gasteiger partial charge is 0.444 e. The minimum atomic E-state index is -0.632. The summed E-state index contributed by atoms with van der Waals surface area (Å²) >= 11 is 0. The summed E-state index contributed by atoms with van der Waals surface area (Å²) in [5, 5.41) is 3.09. The van der Waals surface area contributed by atoms with Gasteiger partial charge in [0.1, 0.15) is 17.2 Å². The van der Waals surface area contributed by atoms with E-state index in [4.69, 9.17) is 4.74 Å². The van der Waals surface area contributed by atoms with E-state index in [1.54, 1.807) is 20.8 Å². The Morgan fingerprint density at radius 1 is 1.38 bits per heavy atom. The highest BCUT2D eigenvalue weighted by Crippen LogP contribution is 2.27. The third kappa shape index (κ3) is 3.91. The first-order valence-corrected chi connectivity index (χ1v) is 6.93. The van der Waals surface area contributed by atoms with Crippen molar-refractivity contribution < 1.29 is 18.3 Å². The van der Waals surface area contributed by atoms with Crippen molar-refractivity contribution in [3.63, 3.8) is 0 Å². The van der Waals surface area contributed by atoms with Crippen LogP contribution in [0.2, 0.25) is 0 Å². The van der Waals surface area contributed by atoms with Gasteiger partial charge in [-0.2, -0.15) is 0 Å². The maximum atomic E-state index is 14.0. The number of nitrogens with zero attached hydrogens (tertiary/aromatic N) is 1. The van der Waals surface area contributed by atoms with Crippen LogP contribution in [0.5, 0.6) is 0 Å². The van der Waals surface area contributed by atoms with E-state index in [2.05, 4.69) is 5.32 Å². The number of ether oxygens (including phenoxy) is 1. The summed E-state index contributed by atoms with van der Waals surface area (Å²) in [6, 6.07) is 2.69. The first kappa shape index (κ1) is 15.7. The average molecular weight is 298 g/mol. The lowest BCUT2D eigenvalue weighted by molar-refractivity contribution is 0.0114. The van der Waals surface area contributed by atoms with Crippen molar-refractivity contribution >= 4 is 6.09 Å². The molecular formula is C15H20F2N2O2. The number of halogens is 2. The van der Waals surface area contributed by atoms with Gasteiger partial charge in [-0.1, -0.05) is 0 Å². The molecule has 2 rings (SSSR count). The summed E-state index contributed by atoms with van der Waals surface area (Å²) in [4.78, 5) is 13.7. The fourth-order valence-electron chi connectivity index (χ4n) is 2.29. The van der Waals surface area contributed by atoms with E-state index in [1.165, 1.54) is 4.90 Å². The van der Waals surface area contributed by atoms with Gasteiger partial charge in [-0.25, -0.2) is 13.6 Å². The van der Waals surface area contributed by atoms with Gasteiger partial charge in [-0.15, -0.1) is 0 Å². The van der Waals surface area contributed by atoms with Gasteiger partial charge in [0.2, 0.25) is 0 Å². The summed E-state index contributed by atoms with van der Waals surface area (Å²) in [5.74, 6) is -1.06. The molecule has 0 unspecified atom stereocenters. The number of hydrogen-bond acceptors (Lipinski definition) is 3. The monoisotopic (exact) mass is 298 g/mol. The molecule has 4 nitrogen and oxygen atoms in total. The lowest BCUT2D eigenvalue weighted by Crippen LogP contribution is -2.50. The van der Waals surface area contributed by atoms with Crippen LogP contribution in [0, 0.1) is 11.6 Å². The molecule has 0 aliphatic carbocycles. The van der Waals surface area contributed by atoms with Gasteiger partial charge < -0.3 is 10.1 Å². The van der Waals surface area contributed by atoms with Crippen molar-refractivity contribution in [3.05, 3.63) is 35.4 Å². The third-order valence-electron chi connectivity index (χ3n) is 3.19. The fraction of sp³-hybridized carbons (Fsp3) is 0.533. The Labute approximate surface area is 123 Å². The number of carbonyl (C=O) groups excluding carboxylic acids is 1. The fourth-order valence-corrected chi connectivity index (χ4v) is 2.29. The molecule has 21 heavy (non-hydrogen) atoms. The van der Waals surface area contributed by atoms with Crippen LogP contribution in [0.1, 0.15) is 32.4 Å². The molecule has 1 atom stereocenters. The van der Waals surface area contributed by atoms with E-state index < -0.39 is 29.4 Å². The van der Waals surface area contributed by atoms with Crippen molar-refractivity contribution in [2.24, 2.45) is 0 Å². The standard InChI is InChI=1S/C15H20F2N2O2/c1-15(2,3)21-14(20)19-7-6-18-9-13(19)11-8-10(16)4-5-12(11)17/h4-5,8,13,18H,6-7,9H2,1-3H3/t13-/m0/s1. The number of piperazine rings is 1. The van der Waals surface area contributed by atoms with Crippen LogP contribution in [0.25, 0.3) is 0 Å². The Balaban J connectivity index is 2.27. The maximum Gasteiger partial charge on any atom is 0.410 e. The van der Waals surface area contributed by atoms with Crippen LogP contribution in [0.3, 0.4) is 0 Å². The van der Waals surface area contributed by atoms with Crippen molar-refractivity contribution in [2.75, 3.05) is 19.6 Å². The molecule has 1 aromatic carbocycles. The Kier molecular flexibility index (Phi) is 4.46. The first-order chi connectivity index (χ1) is 9.78. The molecule has 1 saturated heterocycles. The normalized spacial score (nSPS) is 19.5. The third-order valence-corrected chi connectivity index (χ3v) is 3.19.